The Morgan fingerprint density at radius 3 is 1.62 bits per heavy atom. The summed E-state index contributed by atoms with van der Waals surface area (Å²) in [5, 5.41) is 9.83. The number of para-hydroxylation sites is 3. The number of fused-ring (bicyclic) bond motifs is 8. The van der Waals surface area contributed by atoms with Crippen molar-refractivity contribution in [1.29, 1.82) is 0 Å². The standard InChI is InChI=1S/C37H23N3/c1-2-11-27(12-3-1)39-33-16-8-6-14-29(33)31-18-26-21-36-32(19-25(26)20-35(31)39)30-15-7-9-17-34(30)40(36)37-23-38-22-24-10-4-5-13-28(24)37/h1-23H. The highest BCUT2D eigenvalue weighted by Gasteiger charge is 2.17. The highest BCUT2D eigenvalue weighted by Crippen LogP contribution is 2.39. The van der Waals surface area contributed by atoms with Gasteiger partial charge < -0.3 is 9.13 Å². The number of hydrogen-bond donors (Lipinski definition) is 0. The number of hydrogen-bond acceptors (Lipinski definition) is 1. The Bertz CT molecular complexity index is 2420. The summed E-state index contributed by atoms with van der Waals surface area (Å²) >= 11 is 0. The Morgan fingerprint density at radius 2 is 0.925 bits per heavy atom. The molecule has 6 aromatic carbocycles. The number of rotatable bonds is 2. The summed E-state index contributed by atoms with van der Waals surface area (Å²) in [7, 11) is 0. The molecule has 0 aliphatic rings. The van der Waals surface area contributed by atoms with Crippen LogP contribution in [0.25, 0.3) is 76.5 Å². The molecule has 0 unspecified atom stereocenters. The van der Waals surface area contributed by atoms with Crippen molar-refractivity contribution in [2.24, 2.45) is 0 Å². The minimum atomic E-state index is 1.10. The number of pyridine rings is 1. The Kier molecular flexibility index (Phi) is 4.33. The second-order valence-electron chi connectivity index (χ2n) is 10.5. The third-order valence-corrected chi connectivity index (χ3v) is 8.32. The zero-order valence-corrected chi connectivity index (χ0v) is 21.6. The van der Waals surface area contributed by atoms with Crippen LogP contribution in [0.2, 0.25) is 0 Å². The predicted octanol–water partition coefficient (Wildman–Crippen LogP) is 9.58. The van der Waals surface area contributed by atoms with Crippen LogP contribution in [0.3, 0.4) is 0 Å². The van der Waals surface area contributed by atoms with E-state index >= 15 is 0 Å². The van der Waals surface area contributed by atoms with E-state index in [0.29, 0.717) is 0 Å². The number of nitrogens with zero attached hydrogens (tertiary/aromatic N) is 3. The Labute approximate surface area is 230 Å². The van der Waals surface area contributed by atoms with Gasteiger partial charge in [-0.15, -0.1) is 0 Å². The first kappa shape index (κ1) is 21.5. The molecule has 3 aromatic heterocycles. The third kappa shape index (κ3) is 2.92. The van der Waals surface area contributed by atoms with Crippen molar-refractivity contribution in [3.63, 3.8) is 0 Å². The van der Waals surface area contributed by atoms with E-state index in [1.807, 2.05) is 12.4 Å². The van der Waals surface area contributed by atoms with Crippen molar-refractivity contribution >= 4 is 65.2 Å². The molecule has 3 heterocycles. The number of aromatic nitrogens is 3. The van der Waals surface area contributed by atoms with Crippen molar-refractivity contribution < 1.29 is 0 Å². The van der Waals surface area contributed by atoms with E-state index in [9.17, 15) is 0 Å². The largest absolute Gasteiger partial charge is 0.309 e. The minimum Gasteiger partial charge on any atom is -0.309 e. The van der Waals surface area contributed by atoms with Gasteiger partial charge in [0.2, 0.25) is 0 Å². The zero-order valence-electron chi connectivity index (χ0n) is 21.6. The fourth-order valence-electron chi connectivity index (χ4n) is 6.57. The summed E-state index contributed by atoms with van der Waals surface area (Å²) in [6.07, 6.45) is 3.94. The summed E-state index contributed by atoms with van der Waals surface area (Å²) in [5.74, 6) is 0. The van der Waals surface area contributed by atoms with Crippen molar-refractivity contribution in [2.45, 2.75) is 0 Å². The van der Waals surface area contributed by atoms with Gasteiger partial charge in [-0.3, -0.25) is 4.98 Å². The molecule has 0 bridgehead atoms. The van der Waals surface area contributed by atoms with Crippen LogP contribution < -0.4 is 0 Å². The van der Waals surface area contributed by atoms with Crippen LogP contribution in [-0.2, 0) is 0 Å². The second-order valence-corrected chi connectivity index (χ2v) is 10.5. The van der Waals surface area contributed by atoms with Gasteiger partial charge in [0.15, 0.2) is 0 Å². The van der Waals surface area contributed by atoms with Gasteiger partial charge in [-0.2, -0.15) is 0 Å². The van der Waals surface area contributed by atoms with Crippen LogP contribution in [-0.4, -0.2) is 14.1 Å². The number of benzene rings is 6. The quantitative estimate of drug-likeness (QED) is 0.227. The monoisotopic (exact) mass is 509 g/mol. The second kappa shape index (κ2) is 8.05. The first-order chi connectivity index (χ1) is 19.8. The molecule has 186 valence electrons. The molecule has 0 saturated carbocycles. The molecule has 0 spiro atoms. The summed E-state index contributed by atoms with van der Waals surface area (Å²) in [6, 6.07) is 46.1. The molecular formula is C37H23N3. The van der Waals surface area contributed by atoms with Crippen molar-refractivity contribution in [1.82, 2.24) is 14.1 Å². The molecule has 0 saturated heterocycles. The van der Waals surface area contributed by atoms with Crippen molar-refractivity contribution in [3.05, 3.63) is 140 Å². The van der Waals surface area contributed by atoms with Crippen LogP contribution >= 0.6 is 0 Å². The topological polar surface area (TPSA) is 22.8 Å². The fraction of sp³-hybridized carbons (Fsp3) is 0. The van der Waals surface area contributed by atoms with Gasteiger partial charge in [-0.1, -0.05) is 78.9 Å². The Hall–Kier alpha value is -5.41. The fourth-order valence-corrected chi connectivity index (χ4v) is 6.57. The van der Waals surface area contributed by atoms with Crippen molar-refractivity contribution in [2.75, 3.05) is 0 Å². The lowest BCUT2D eigenvalue weighted by Gasteiger charge is -2.11. The molecule has 0 N–H and O–H groups in total. The average molecular weight is 510 g/mol. The van der Waals surface area contributed by atoms with Gasteiger partial charge in [0, 0.05) is 44.2 Å². The average Bonchev–Trinajstić information content (AvgIpc) is 3.51. The summed E-state index contributed by atoms with van der Waals surface area (Å²) in [5.41, 5.74) is 7.11. The zero-order chi connectivity index (χ0) is 26.2. The van der Waals surface area contributed by atoms with Crippen LogP contribution in [0, 0.1) is 0 Å². The molecule has 9 aromatic rings. The predicted molar refractivity (Wildman–Crippen MR) is 168 cm³/mol. The first-order valence-electron chi connectivity index (χ1n) is 13.6. The highest BCUT2D eigenvalue weighted by atomic mass is 15.0. The van der Waals surface area contributed by atoms with Gasteiger partial charge in [0.25, 0.3) is 0 Å². The third-order valence-electron chi connectivity index (χ3n) is 8.32. The summed E-state index contributed by atoms with van der Waals surface area (Å²) in [6.45, 7) is 0. The van der Waals surface area contributed by atoms with E-state index in [2.05, 4.69) is 142 Å². The van der Waals surface area contributed by atoms with Crippen LogP contribution in [0.5, 0.6) is 0 Å². The Morgan fingerprint density at radius 1 is 0.375 bits per heavy atom. The lowest BCUT2D eigenvalue weighted by atomic mass is 10.0. The van der Waals surface area contributed by atoms with E-state index in [4.69, 9.17) is 0 Å². The molecule has 0 amide bonds. The molecular weight excluding hydrogens is 486 g/mol. The van der Waals surface area contributed by atoms with Gasteiger partial charge in [-0.25, -0.2) is 0 Å². The minimum absolute atomic E-state index is 1.10. The molecule has 0 fully saturated rings. The van der Waals surface area contributed by atoms with E-state index in [0.717, 1.165) is 11.1 Å². The van der Waals surface area contributed by atoms with E-state index in [1.54, 1.807) is 0 Å². The van der Waals surface area contributed by atoms with Crippen molar-refractivity contribution in [3.8, 4) is 11.4 Å². The normalized spacial score (nSPS) is 12.0. The molecule has 0 aliphatic heterocycles. The SMILES string of the molecule is c1ccc(-n2c3ccccc3c3cc4cc5c(cc4cc32)c2ccccc2n5-c2cncc3ccccc23)cc1. The van der Waals surface area contributed by atoms with Crippen LogP contribution in [0.15, 0.2) is 140 Å². The van der Waals surface area contributed by atoms with Gasteiger partial charge in [-0.05, 0) is 59.3 Å². The van der Waals surface area contributed by atoms with E-state index < -0.39 is 0 Å². The van der Waals surface area contributed by atoms with Gasteiger partial charge >= 0.3 is 0 Å². The maximum Gasteiger partial charge on any atom is 0.0723 e. The summed E-state index contributed by atoms with van der Waals surface area (Å²) in [4.78, 5) is 4.63. The maximum absolute atomic E-state index is 4.63. The van der Waals surface area contributed by atoms with Gasteiger partial charge in [0.1, 0.15) is 0 Å². The first-order valence-corrected chi connectivity index (χ1v) is 13.6. The lowest BCUT2D eigenvalue weighted by molar-refractivity contribution is 1.16. The highest BCUT2D eigenvalue weighted by molar-refractivity contribution is 6.18. The Balaban J connectivity index is 1.43. The van der Waals surface area contributed by atoms with Crippen LogP contribution in [0.1, 0.15) is 0 Å². The molecule has 0 radical (unpaired) electrons. The van der Waals surface area contributed by atoms with Gasteiger partial charge in [0.05, 0.1) is 34.0 Å². The van der Waals surface area contributed by atoms with E-state index in [1.165, 1.54) is 65.5 Å². The summed E-state index contributed by atoms with van der Waals surface area (Å²) < 4.78 is 4.77. The molecule has 0 atom stereocenters. The lowest BCUT2D eigenvalue weighted by Crippen LogP contribution is -1.96. The molecule has 40 heavy (non-hydrogen) atoms. The molecule has 3 heteroatoms. The van der Waals surface area contributed by atoms with E-state index in [-0.39, 0.29) is 0 Å². The molecule has 0 aliphatic carbocycles. The van der Waals surface area contributed by atoms with Crippen LogP contribution in [0.4, 0.5) is 0 Å². The maximum atomic E-state index is 4.63. The smallest absolute Gasteiger partial charge is 0.0723 e. The molecule has 9 rings (SSSR count). The molecule has 3 nitrogen and oxygen atoms in total.